The molecule has 0 saturated carbocycles. The number of aromatic nitrogens is 4. The molecule has 0 spiro atoms. The van der Waals surface area contributed by atoms with Gasteiger partial charge in [0.1, 0.15) is 29.0 Å². The Balaban J connectivity index is 0.000000265. The summed E-state index contributed by atoms with van der Waals surface area (Å²) in [5.41, 5.74) is -0.777. The number of H-pyrrole nitrogens is 1. The second-order valence-corrected chi connectivity index (χ2v) is 16.3. The molecule has 0 aliphatic carbocycles. The third kappa shape index (κ3) is 8.99. The fraction of sp³-hybridized carbons (Fsp3) is 0.385. The SMILES string of the molecule is CCC(C(=O)OC(C)(C)C)n1c(=O)[nH]c2ccc(C#N)cc21.CCC(C(=O)OC(C)(C)C)n1c(=O)n(S(=O)(=O)c2ccc(OC)cc2)c2ccc(C#N)cc21. The molecule has 0 radical (unpaired) electrons. The van der Waals surface area contributed by atoms with Gasteiger partial charge < -0.3 is 19.2 Å². The van der Waals surface area contributed by atoms with Crippen molar-refractivity contribution < 1.29 is 32.2 Å². The largest absolute Gasteiger partial charge is 0.497 e. The number of hydrogen-bond acceptors (Lipinski definition) is 11. The maximum atomic E-state index is 13.5. The minimum Gasteiger partial charge on any atom is -0.497 e. The predicted octanol–water partition coefficient (Wildman–Crippen LogP) is 5.71. The summed E-state index contributed by atoms with van der Waals surface area (Å²) in [7, 11) is -2.88. The molecule has 0 amide bonds. The molecule has 55 heavy (non-hydrogen) atoms. The van der Waals surface area contributed by atoms with Crippen LogP contribution in [0.15, 0.2) is 75.1 Å². The van der Waals surface area contributed by atoms with Crippen molar-refractivity contribution in [2.75, 3.05) is 7.11 Å². The topological polar surface area (TPSA) is 208 Å². The molecule has 2 unspecified atom stereocenters. The van der Waals surface area contributed by atoms with E-state index in [2.05, 4.69) is 4.98 Å². The Kier molecular flexibility index (Phi) is 12.2. The number of nitrogens with zero attached hydrogens (tertiary/aromatic N) is 5. The van der Waals surface area contributed by atoms with Gasteiger partial charge in [0.25, 0.3) is 10.0 Å². The van der Waals surface area contributed by atoms with Gasteiger partial charge in [-0.25, -0.2) is 27.6 Å². The summed E-state index contributed by atoms with van der Waals surface area (Å²) in [5, 5.41) is 18.4. The highest BCUT2D eigenvalue weighted by Crippen LogP contribution is 2.27. The fourth-order valence-corrected chi connectivity index (χ4v) is 7.20. The van der Waals surface area contributed by atoms with E-state index in [1.807, 2.05) is 19.1 Å². The Morgan fingerprint density at radius 2 is 1.24 bits per heavy atom. The van der Waals surface area contributed by atoms with Gasteiger partial charge in [-0.05, 0) is 115 Å². The molecule has 3 aromatic carbocycles. The summed E-state index contributed by atoms with van der Waals surface area (Å²) in [6.07, 6.45) is 0.589. The molecular weight excluding hydrogens is 729 g/mol. The van der Waals surface area contributed by atoms with Crippen LogP contribution < -0.4 is 16.1 Å². The second-order valence-electron chi connectivity index (χ2n) is 14.5. The Labute approximate surface area is 318 Å². The first-order valence-corrected chi connectivity index (χ1v) is 18.8. The van der Waals surface area contributed by atoms with Crippen LogP contribution >= 0.6 is 0 Å². The van der Waals surface area contributed by atoms with Crippen molar-refractivity contribution in [3.63, 3.8) is 0 Å². The molecule has 0 fully saturated rings. The molecule has 16 heteroatoms. The molecule has 0 bridgehead atoms. The van der Waals surface area contributed by atoms with E-state index < -0.39 is 50.9 Å². The zero-order chi connectivity index (χ0) is 41.0. The first kappa shape index (κ1) is 41.6. The van der Waals surface area contributed by atoms with Crippen LogP contribution in [0.3, 0.4) is 0 Å². The number of ether oxygens (including phenoxy) is 3. The van der Waals surface area contributed by atoms with Crippen molar-refractivity contribution in [1.82, 2.24) is 18.1 Å². The zero-order valence-electron chi connectivity index (χ0n) is 32.2. The molecule has 1 N–H and O–H groups in total. The number of hydrogen-bond donors (Lipinski definition) is 1. The summed E-state index contributed by atoms with van der Waals surface area (Å²) < 4.78 is 46.0. The molecule has 5 rings (SSSR count). The van der Waals surface area contributed by atoms with Crippen molar-refractivity contribution >= 4 is 44.0 Å². The van der Waals surface area contributed by atoms with E-state index in [9.17, 15) is 32.9 Å². The third-order valence-corrected chi connectivity index (χ3v) is 9.86. The van der Waals surface area contributed by atoms with Gasteiger partial charge in [-0.2, -0.15) is 14.5 Å². The van der Waals surface area contributed by atoms with Crippen LogP contribution in [0, 0.1) is 22.7 Å². The van der Waals surface area contributed by atoms with Crippen molar-refractivity contribution in [3.05, 3.63) is 92.8 Å². The van der Waals surface area contributed by atoms with Crippen LogP contribution in [-0.4, -0.2) is 56.8 Å². The van der Waals surface area contributed by atoms with Crippen LogP contribution in [-0.2, 0) is 29.1 Å². The Hall–Kier alpha value is -6.13. The van der Waals surface area contributed by atoms with Gasteiger partial charge in [-0.3, -0.25) is 9.13 Å². The number of benzene rings is 3. The summed E-state index contributed by atoms with van der Waals surface area (Å²) in [4.78, 5) is 53.6. The average Bonchev–Trinajstić information content (AvgIpc) is 3.59. The minimum absolute atomic E-state index is 0.0526. The summed E-state index contributed by atoms with van der Waals surface area (Å²) >= 11 is 0. The second kappa shape index (κ2) is 16.1. The van der Waals surface area contributed by atoms with E-state index in [4.69, 9.17) is 19.5 Å². The molecule has 290 valence electrons. The minimum atomic E-state index is -4.33. The van der Waals surface area contributed by atoms with Gasteiger partial charge in [0.2, 0.25) is 0 Å². The van der Waals surface area contributed by atoms with Gasteiger partial charge in [0.05, 0.1) is 57.3 Å². The molecule has 2 heterocycles. The number of fused-ring (bicyclic) bond motifs is 2. The van der Waals surface area contributed by atoms with Crippen molar-refractivity contribution in [3.8, 4) is 17.9 Å². The number of methoxy groups -OCH3 is 1. The number of carbonyl (C=O) groups excluding carboxylic acids is 2. The van der Waals surface area contributed by atoms with E-state index >= 15 is 0 Å². The van der Waals surface area contributed by atoms with E-state index in [0.717, 1.165) is 4.57 Å². The monoisotopic (exact) mass is 772 g/mol. The smallest absolute Gasteiger partial charge is 0.344 e. The highest BCUT2D eigenvalue weighted by molar-refractivity contribution is 7.90. The summed E-state index contributed by atoms with van der Waals surface area (Å²) in [5.74, 6) is -0.672. The van der Waals surface area contributed by atoms with Crippen molar-refractivity contribution in [2.24, 2.45) is 0 Å². The number of carbonyl (C=O) groups is 2. The normalized spacial score (nSPS) is 12.9. The molecule has 0 aliphatic heterocycles. The first-order valence-electron chi connectivity index (χ1n) is 17.4. The summed E-state index contributed by atoms with van der Waals surface area (Å²) in [6, 6.07) is 16.9. The van der Waals surface area contributed by atoms with Crippen LogP contribution in [0.5, 0.6) is 5.75 Å². The van der Waals surface area contributed by atoms with E-state index in [1.54, 1.807) is 66.7 Å². The van der Waals surface area contributed by atoms with E-state index in [0.29, 0.717) is 32.7 Å². The lowest BCUT2D eigenvalue weighted by atomic mass is 10.1. The highest BCUT2D eigenvalue weighted by Gasteiger charge is 2.33. The number of rotatable bonds is 9. The molecule has 5 aromatic rings. The lowest BCUT2D eigenvalue weighted by molar-refractivity contribution is -0.160. The van der Waals surface area contributed by atoms with Gasteiger partial charge in [-0.15, -0.1) is 0 Å². The lowest BCUT2D eigenvalue weighted by Gasteiger charge is -2.24. The van der Waals surface area contributed by atoms with Crippen LogP contribution in [0.4, 0.5) is 0 Å². The molecule has 15 nitrogen and oxygen atoms in total. The van der Waals surface area contributed by atoms with Crippen LogP contribution in [0.2, 0.25) is 0 Å². The van der Waals surface area contributed by atoms with Gasteiger partial charge >= 0.3 is 23.3 Å². The molecule has 0 aliphatic rings. The third-order valence-electron chi connectivity index (χ3n) is 8.16. The Bertz CT molecular complexity index is 2550. The van der Waals surface area contributed by atoms with Crippen LogP contribution in [0.1, 0.15) is 91.4 Å². The molecule has 2 aromatic heterocycles. The molecular formula is C39H44N6O9S. The fourth-order valence-electron chi connectivity index (χ4n) is 5.80. The van der Waals surface area contributed by atoms with Crippen molar-refractivity contribution in [2.45, 2.75) is 96.4 Å². The van der Waals surface area contributed by atoms with E-state index in [1.165, 1.54) is 54.1 Å². The Morgan fingerprint density at radius 1 is 0.745 bits per heavy atom. The van der Waals surface area contributed by atoms with Gasteiger partial charge in [0.15, 0.2) is 0 Å². The van der Waals surface area contributed by atoms with Gasteiger partial charge in [-0.1, -0.05) is 13.8 Å². The van der Waals surface area contributed by atoms with Crippen molar-refractivity contribution in [1.29, 1.82) is 10.5 Å². The quantitative estimate of drug-likeness (QED) is 0.180. The highest BCUT2D eigenvalue weighted by atomic mass is 32.2. The number of aromatic amines is 1. The lowest BCUT2D eigenvalue weighted by Crippen LogP contribution is -2.36. The maximum Gasteiger partial charge on any atom is 0.344 e. The number of imidazole rings is 2. The zero-order valence-corrected chi connectivity index (χ0v) is 33.0. The Morgan fingerprint density at radius 3 is 1.71 bits per heavy atom. The molecule has 0 saturated heterocycles. The first-order chi connectivity index (χ1) is 25.7. The predicted molar refractivity (Wildman–Crippen MR) is 204 cm³/mol. The van der Waals surface area contributed by atoms with E-state index in [-0.39, 0.29) is 33.6 Å². The van der Waals surface area contributed by atoms with Gasteiger partial charge in [0, 0.05) is 0 Å². The summed E-state index contributed by atoms with van der Waals surface area (Å²) in [6.45, 7) is 13.9. The number of nitrogens with one attached hydrogen (secondary N) is 1. The standard InChI is InChI=1S/C23H25N3O6S.C16H19N3O3/c1-6-18(21(27)32-23(2,3)4)25-20-13-15(14-24)7-12-19(20)26(22(25)28)33(29,30)17-10-8-16(31-5)9-11-17;1-5-12(14(20)22-16(2,3)4)19-13-8-10(9-17)6-7-11(13)18-15(19)21/h7-13,18H,6H2,1-5H3;6-8,12H,5H2,1-4H3,(H,18,21). The van der Waals surface area contributed by atoms with Crippen LogP contribution in [0.25, 0.3) is 22.1 Å². The number of nitriles is 2. The maximum absolute atomic E-state index is 13.5. The number of esters is 2. The average molecular weight is 773 g/mol. The molecule has 2 atom stereocenters.